The number of carbonyl (C=O) groups excluding carboxylic acids is 2. The molecule has 146 valence electrons. The molecule has 0 aliphatic carbocycles. The van der Waals surface area contributed by atoms with Crippen molar-refractivity contribution in [2.75, 3.05) is 26.2 Å². The van der Waals surface area contributed by atoms with E-state index in [2.05, 4.69) is 18.8 Å². The third kappa shape index (κ3) is 4.58. The molecule has 0 spiro atoms. The zero-order chi connectivity index (χ0) is 19.6. The molecule has 3 heterocycles. The van der Waals surface area contributed by atoms with E-state index < -0.39 is 0 Å². The van der Waals surface area contributed by atoms with Crippen molar-refractivity contribution >= 4 is 23.2 Å². The fourth-order valence-corrected chi connectivity index (χ4v) is 4.12. The van der Waals surface area contributed by atoms with Gasteiger partial charge in [0.1, 0.15) is 10.6 Å². The lowest BCUT2D eigenvalue weighted by Gasteiger charge is -2.34. The number of hydrogen-bond donors (Lipinski definition) is 0. The molecule has 0 N–H and O–H groups in total. The molecule has 7 heteroatoms. The van der Waals surface area contributed by atoms with E-state index in [1.807, 2.05) is 35.8 Å². The van der Waals surface area contributed by atoms with Crippen LogP contribution in [0.25, 0.3) is 10.8 Å². The molecule has 27 heavy (non-hydrogen) atoms. The summed E-state index contributed by atoms with van der Waals surface area (Å²) in [5.74, 6) is 2.23. The Labute approximate surface area is 164 Å². The Morgan fingerprint density at radius 3 is 2.41 bits per heavy atom. The average molecular weight is 390 g/mol. The summed E-state index contributed by atoms with van der Waals surface area (Å²) in [4.78, 5) is 34.1. The van der Waals surface area contributed by atoms with Crippen LogP contribution in [0.1, 0.15) is 47.8 Å². The SMILES string of the molecule is Cc1ccc(-c2nc(C)c(C(=O)N3CCN(C(=O)CCC(C)C)CC3)s2)o1. The Balaban J connectivity index is 1.61. The Bertz CT molecular complexity index is 816. The predicted molar refractivity (Wildman–Crippen MR) is 106 cm³/mol. The zero-order valence-electron chi connectivity index (χ0n) is 16.4. The van der Waals surface area contributed by atoms with Crippen LogP contribution in [0.2, 0.25) is 0 Å². The number of rotatable bonds is 5. The fourth-order valence-electron chi connectivity index (χ4n) is 3.12. The van der Waals surface area contributed by atoms with E-state index in [4.69, 9.17) is 4.42 Å². The molecule has 6 nitrogen and oxygen atoms in total. The molecule has 0 atom stereocenters. The monoisotopic (exact) mass is 389 g/mol. The third-order valence-electron chi connectivity index (χ3n) is 4.80. The molecule has 0 radical (unpaired) electrons. The number of carbonyl (C=O) groups is 2. The maximum atomic E-state index is 12.9. The van der Waals surface area contributed by atoms with Gasteiger partial charge in [0, 0.05) is 32.6 Å². The second-order valence-corrected chi connectivity index (χ2v) is 8.45. The first-order valence-corrected chi connectivity index (χ1v) is 10.3. The Kier molecular flexibility index (Phi) is 5.99. The molecule has 2 aromatic rings. The van der Waals surface area contributed by atoms with Gasteiger partial charge in [-0.05, 0) is 38.3 Å². The van der Waals surface area contributed by atoms with Crippen molar-refractivity contribution < 1.29 is 14.0 Å². The van der Waals surface area contributed by atoms with Gasteiger partial charge in [-0.3, -0.25) is 9.59 Å². The van der Waals surface area contributed by atoms with Crippen LogP contribution in [0.3, 0.4) is 0 Å². The van der Waals surface area contributed by atoms with E-state index >= 15 is 0 Å². The number of aromatic nitrogens is 1. The normalized spacial score (nSPS) is 14.9. The second-order valence-electron chi connectivity index (χ2n) is 7.45. The smallest absolute Gasteiger partial charge is 0.265 e. The maximum Gasteiger partial charge on any atom is 0.265 e. The van der Waals surface area contributed by atoms with Gasteiger partial charge in [-0.15, -0.1) is 11.3 Å². The van der Waals surface area contributed by atoms with Crippen molar-refractivity contribution in [2.45, 2.75) is 40.5 Å². The molecule has 0 bridgehead atoms. The van der Waals surface area contributed by atoms with Crippen molar-refractivity contribution in [3.63, 3.8) is 0 Å². The molecule has 0 saturated carbocycles. The van der Waals surface area contributed by atoms with Gasteiger partial charge in [0.25, 0.3) is 5.91 Å². The lowest BCUT2D eigenvalue weighted by atomic mass is 10.1. The molecule has 1 aliphatic heterocycles. The first-order chi connectivity index (χ1) is 12.8. The first kappa shape index (κ1) is 19.6. The molecule has 2 aromatic heterocycles. The van der Waals surface area contributed by atoms with E-state index in [1.54, 1.807) is 0 Å². The van der Waals surface area contributed by atoms with Crippen LogP contribution in [0.15, 0.2) is 16.5 Å². The van der Waals surface area contributed by atoms with Crippen LogP contribution >= 0.6 is 11.3 Å². The van der Waals surface area contributed by atoms with E-state index in [9.17, 15) is 9.59 Å². The number of piperazine rings is 1. The highest BCUT2D eigenvalue weighted by Gasteiger charge is 2.27. The Hall–Kier alpha value is -2.15. The van der Waals surface area contributed by atoms with Crippen LogP contribution in [0.5, 0.6) is 0 Å². The summed E-state index contributed by atoms with van der Waals surface area (Å²) in [6, 6.07) is 3.77. The van der Waals surface area contributed by atoms with Gasteiger partial charge in [0.2, 0.25) is 5.91 Å². The standard InChI is InChI=1S/C20H27N3O3S/c1-13(2)5-8-17(24)22-9-11-23(12-10-22)20(25)18-15(4)21-19(27-18)16-7-6-14(3)26-16/h6-7,13H,5,8-12H2,1-4H3. The van der Waals surface area contributed by atoms with Gasteiger partial charge in [-0.1, -0.05) is 13.8 Å². The maximum absolute atomic E-state index is 12.9. The van der Waals surface area contributed by atoms with Gasteiger partial charge in [-0.25, -0.2) is 4.98 Å². The first-order valence-electron chi connectivity index (χ1n) is 9.46. The van der Waals surface area contributed by atoms with Crippen molar-refractivity contribution in [2.24, 2.45) is 5.92 Å². The summed E-state index contributed by atoms with van der Waals surface area (Å²) < 4.78 is 5.62. The van der Waals surface area contributed by atoms with E-state index in [1.165, 1.54) is 11.3 Å². The number of thiazole rings is 1. The highest BCUT2D eigenvalue weighted by Crippen LogP contribution is 2.30. The van der Waals surface area contributed by atoms with Crippen LogP contribution < -0.4 is 0 Å². The molecular weight excluding hydrogens is 362 g/mol. The number of nitrogens with zero attached hydrogens (tertiary/aromatic N) is 3. The lowest BCUT2D eigenvalue weighted by molar-refractivity contribution is -0.132. The van der Waals surface area contributed by atoms with Gasteiger partial charge >= 0.3 is 0 Å². The lowest BCUT2D eigenvalue weighted by Crippen LogP contribution is -2.50. The summed E-state index contributed by atoms with van der Waals surface area (Å²) in [6.45, 7) is 10.3. The minimum Gasteiger partial charge on any atom is -0.459 e. The molecular formula is C20H27N3O3S. The molecule has 1 fully saturated rings. The van der Waals surface area contributed by atoms with Gasteiger partial charge in [0.05, 0.1) is 5.69 Å². The van der Waals surface area contributed by atoms with E-state index in [0.29, 0.717) is 49.2 Å². The summed E-state index contributed by atoms with van der Waals surface area (Å²) in [5, 5.41) is 0.728. The molecule has 2 amide bonds. The number of amides is 2. The van der Waals surface area contributed by atoms with Crippen LogP contribution in [-0.2, 0) is 4.79 Å². The van der Waals surface area contributed by atoms with Crippen molar-refractivity contribution in [1.82, 2.24) is 14.8 Å². The largest absolute Gasteiger partial charge is 0.459 e. The van der Waals surface area contributed by atoms with Crippen molar-refractivity contribution in [3.05, 3.63) is 28.5 Å². The summed E-state index contributed by atoms with van der Waals surface area (Å²) in [5.41, 5.74) is 0.726. The fraction of sp³-hybridized carbons (Fsp3) is 0.550. The van der Waals surface area contributed by atoms with Crippen LogP contribution in [0.4, 0.5) is 0 Å². The zero-order valence-corrected chi connectivity index (χ0v) is 17.3. The average Bonchev–Trinajstić information content (AvgIpc) is 3.25. The van der Waals surface area contributed by atoms with Crippen LogP contribution in [0, 0.1) is 19.8 Å². The molecule has 1 saturated heterocycles. The van der Waals surface area contributed by atoms with E-state index in [-0.39, 0.29) is 11.8 Å². The third-order valence-corrected chi connectivity index (χ3v) is 5.96. The molecule has 0 unspecified atom stereocenters. The number of hydrogen-bond acceptors (Lipinski definition) is 5. The summed E-state index contributed by atoms with van der Waals surface area (Å²) in [7, 11) is 0. The number of aryl methyl sites for hydroxylation is 2. The molecule has 3 rings (SSSR count). The van der Waals surface area contributed by atoms with Gasteiger partial charge in [0.15, 0.2) is 10.8 Å². The topological polar surface area (TPSA) is 66.7 Å². The summed E-state index contributed by atoms with van der Waals surface area (Å²) in [6.07, 6.45) is 1.50. The van der Waals surface area contributed by atoms with Gasteiger partial charge in [-0.2, -0.15) is 0 Å². The Morgan fingerprint density at radius 2 is 1.81 bits per heavy atom. The van der Waals surface area contributed by atoms with E-state index in [0.717, 1.165) is 22.9 Å². The quantitative estimate of drug-likeness (QED) is 0.781. The minimum absolute atomic E-state index is 0.00573. The molecule has 1 aliphatic rings. The van der Waals surface area contributed by atoms with Crippen molar-refractivity contribution in [1.29, 1.82) is 0 Å². The Morgan fingerprint density at radius 1 is 1.15 bits per heavy atom. The van der Waals surface area contributed by atoms with Gasteiger partial charge < -0.3 is 14.2 Å². The highest BCUT2D eigenvalue weighted by molar-refractivity contribution is 7.17. The number of furan rings is 1. The second kappa shape index (κ2) is 8.25. The predicted octanol–water partition coefficient (Wildman–Crippen LogP) is 3.74. The highest BCUT2D eigenvalue weighted by atomic mass is 32.1. The molecule has 0 aromatic carbocycles. The van der Waals surface area contributed by atoms with Crippen molar-refractivity contribution in [3.8, 4) is 10.8 Å². The van der Waals surface area contributed by atoms with Crippen LogP contribution in [-0.4, -0.2) is 52.8 Å². The summed E-state index contributed by atoms with van der Waals surface area (Å²) >= 11 is 1.37. The minimum atomic E-state index is -0.00573.